The van der Waals surface area contributed by atoms with E-state index in [4.69, 9.17) is 11.6 Å². The zero-order valence-corrected chi connectivity index (χ0v) is 10.3. The van der Waals surface area contributed by atoms with Gasteiger partial charge in [0.25, 0.3) is 6.09 Å². The Morgan fingerprint density at radius 2 is 1.88 bits per heavy atom. The van der Waals surface area contributed by atoms with Crippen molar-refractivity contribution in [2.24, 2.45) is 0 Å². The van der Waals surface area contributed by atoms with Crippen molar-refractivity contribution in [3.63, 3.8) is 0 Å². The summed E-state index contributed by atoms with van der Waals surface area (Å²) >= 11 is 6.03. The van der Waals surface area contributed by atoms with Gasteiger partial charge in [-0.15, -0.1) is 0 Å². The largest absolute Gasteiger partial charge is 0.498 e. The van der Waals surface area contributed by atoms with E-state index in [1.807, 2.05) is 32.0 Å². The number of hydrogen-bond donors (Lipinski definition) is 0. The minimum atomic E-state index is -1.05. The Morgan fingerprint density at radius 3 is 2.31 bits per heavy atom. The van der Waals surface area contributed by atoms with Gasteiger partial charge in [0, 0.05) is 10.6 Å². The van der Waals surface area contributed by atoms with Crippen LogP contribution in [0.15, 0.2) is 24.3 Å². The van der Waals surface area contributed by atoms with Crippen molar-refractivity contribution in [1.82, 2.24) is 0 Å². The zero-order chi connectivity index (χ0) is 12.2. The molecule has 0 saturated heterocycles. The Bertz CT molecular complexity index is 375. The molecule has 0 spiro atoms. The first-order valence-electron chi connectivity index (χ1n) is 5.36. The Balaban J connectivity index is 3.01. The van der Waals surface area contributed by atoms with E-state index in [1.54, 1.807) is 6.07 Å². The number of carboxylic acid groups (broad SMARTS) is 1. The van der Waals surface area contributed by atoms with E-state index in [0.29, 0.717) is 24.7 Å². The maximum absolute atomic E-state index is 11.2. The predicted octanol–water partition coefficient (Wildman–Crippen LogP) is 2.04. The molecule has 0 fully saturated rings. The molecular formula is C12H16ClNO2. The predicted molar refractivity (Wildman–Crippen MR) is 61.9 cm³/mol. The maximum Gasteiger partial charge on any atom is 0.257 e. The summed E-state index contributed by atoms with van der Waals surface area (Å²) in [6.45, 7) is 5.04. The first-order valence-corrected chi connectivity index (χ1v) is 5.74. The lowest BCUT2D eigenvalue weighted by Crippen LogP contribution is -2.57. The third kappa shape index (κ3) is 2.54. The fraction of sp³-hybridized carbons (Fsp3) is 0.417. The van der Waals surface area contributed by atoms with E-state index in [2.05, 4.69) is 0 Å². The number of nitrogens with zero attached hydrogens (tertiary/aromatic N) is 1. The second kappa shape index (κ2) is 5.32. The van der Waals surface area contributed by atoms with E-state index in [-0.39, 0.29) is 4.48 Å². The first kappa shape index (κ1) is 13.0. The van der Waals surface area contributed by atoms with Gasteiger partial charge in [0.15, 0.2) is 0 Å². The minimum Gasteiger partial charge on any atom is -0.498 e. The van der Waals surface area contributed by atoms with Crippen molar-refractivity contribution in [3.8, 4) is 0 Å². The smallest absolute Gasteiger partial charge is 0.257 e. The highest BCUT2D eigenvalue weighted by molar-refractivity contribution is 6.31. The van der Waals surface area contributed by atoms with E-state index in [9.17, 15) is 9.90 Å². The van der Waals surface area contributed by atoms with E-state index in [1.165, 1.54) is 0 Å². The van der Waals surface area contributed by atoms with Gasteiger partial charge in [-0.25, -0.2) is 0 Å². The van der Waals surface area contributed by atoms with Crippen LogP contribution in [0.3, 0.4) is 0 Å². The Morgan fingerprint density at radius 1 is 1.31 bits per heavy atom. The third-order valence-corrected chi connectivity index (χ3v) is 3.40. The van der Waals surface area contributed by atoms with Crippen molar-refractivity contribution in [2.45, 2.75) is 20.4 Å². The van der Waals surface area contributed by atoms with Crippen LogP contribution in [-0.4, -0.2) is 23.7 Å². The molecule has 0 atom stereocenters. The van der Waals surface area contributed by atoms with Crippen molar-refractivity contribution in [2.75, 3.05) is 13.1 Å². The number of carbonyl (C=O) groups is 1. The molecule has 0 aliphatic carbocycles. The van der Waals surface area contributed by atoms with Crippen molar-refractivity contribution in [1.29, 1.82) is 0 Å². The molecule has 0 aliphatic rings. The number of halogens is 1. The van der Waals surface area contributed by atoms with Crippen molar-refractivity contribution in [3.05, 3.63) is 34.9 Å². The molecule has 0 aromatic heterocycles. The van der Waals surface area contributed by atoms with Gasteiger partial charge in [-0.3, -0.25) is 4.48 Å². The van der Waals surface area contributed by atoms with Gasteiger partial charge in [-0.2, -0.15) is 0 Å². The Kier molecular flexibility index (Phi) is 4.33. The molecule has 1 aromatic carbocycles. The van der Waals surface area contributed by atoms with Gasteiger partial charge in [-0.05, 0) is 19.9 Å². The van der Waals surface area contributed by atoms with Crippen LogP contribution in [0.4, 0.5) is 4.79 Å². The van der Waals surface area contributed by atoms with Crippen LogP contribution >= 0.6 is 11.6 Å². The molecule has 0 radical (unpaired) electrons. The average Bonchev–Trinajstić information content (AvgIpc) is 2.28. The van der Waals surface area contributed by atoms with Crippen LogP contribution in [0.2, 0.25) is 5.02 Å². The number of quaternary nitrogens is 1. The standard InChI is InChI=1S/C12H16ClNO2/c1-3-14(4-2,12(15)16)9-10-7-5-6-8-11(10)13/h5-8H,3-4,9H2,1-2H3. The summed E-state index contributed by atoms with van der Waals surface area (Å²) in [6, 6.07) is 7.31. The quantitative estimate of drug-likeness (QED) is 0.757. The van der Waals surface area contributed by atoms with Crippen LogP contribution in [0.25, 0.3) is 0 Å². The summed E-state index contributed by atoms with van der Waals surface area (Å²) in [4.78, 5) is 11.2. The lowest BCUT2D eigenvalue weighted by Gasteiger charge is -2.36. The highest BCUT2D eigenvalue weighted by Crippen LogP contribution is 2.21. The molecule has 16 heavy (non-hydrogen) atoms. The van der Waals surface area contributed by atoms with Crippen LogP contribution in [0.1, 0.15) is 19.4 Å². The van der Waals surface area contributed by atoms with Crippen molar-refractivity contribution < 1.29 is 14.4 Å². The number of amides is 1. The number of hydrogen-bond acceptors (Lipinski definition) is 2. The third-order valence-electron chi connectivity index (χ3n) is 3.03. The van der Waals surface area contributed by atoms with Gasteiger partial charge >= 0.3 is 0 Å². The van der Waals surface area contributed by atoms with E-state index in [0.717, 1.165) is 5.56 Å². The summed E-state index contributed by atoms with van der Waals surface area (Å²) in [5, 5.41) is 11.8. The van der Waals surface area contributed by atoms with Gasteiger partial charge < -0.3 is 9.90 Å². The molecule has 4 heteroatoms. The molecule has 0 saturated carbocycles. The Labute approximate surface area is 101 Å². The molecule has 0 N–H and O–H groups in total. The number of rotatable bonds is 4. The minimum absolute atomic E-state index is 0.0935. The second-order valence-electron chi connectivity index (χ2n) is 3.79. The van der Waals surface area contributed by atoms with Gasteiger partial charge in [0.1, 0.15) is 6.54 Å². The normalized spacial score (nSPS) is 11.4. The summed E-state index contributed by atoms with van der Waals surface area (Å²) in [7, 11) is 0. The Hall–Kier alpha value is -1.06. The average molecular weight is 242 g/mol. The molecule has 0 aliphatic heterocycles. The highest BCUT2D eigenvalue weighted by Gasteiger charge is 2.27. The van der Waals surface area contributed by atoms with Crippen LogP contribution in [-0.2, 0) is 6.54 Å². The SMILES string of the molecule is CC[N+](CC)(Cc1ccccc1Cl)C(=O)[O-]. The molecule has 0 heterocycles. The zero-order valence-electron chi connectivity index (χ0n) is 9.57. The molecule has 1 amide bonds. The first-order chi connectivity index (χ1) is 7.55. The summed E-state index contributed by atoms with van der Waals surface area (Å²) in [5.41, 5.74) is 0.845. The fourth-order valence-electron chi connectivity index (χ4n) is 1.72. The lowest BCUT2D eigenvalue weighted by molar-refractivity contribution is -0.885. The molecule has 0 bridgehead atoms. The fourth-order valence-corrected chi connectivity index (χ4v) is 1.92. The summed E-state index contributed by atoms with van der Waals surface area (Å²) in [6.07, 6.45) is -1.05. The highest BCUT2D eigenvalue weighted by atomic mass is 35.5. The molecule has 88 valence electrons. The van der Waals surface area contributed by atoms with Crippen molar-refractivity contribution >= 4 is 17.7 Å². The second-order valence-corrected chi connectivity index (χ2v) is 4.20. The number of benzene rings is 1. The van der Waals surface area contributed by atoms with Gasteiger partial charge in [0.05, 0.1) is 13.1 Å². The molecule has 3 nitrogen and oxygen atoms in total. The maximum atomic E-state index is 11.2. The van der Waals surface area contributed by atoms with Crippen LogP contribution in [0.5, 0.6) is 0 Å². The molecular weight excluding hydrogens is 226 g/mol. The summed E-state index contributed by atoms with van der Waals surface area (Å²) in [5.74, 6) is 0. The monoisotopic (exact) mass is 241 g/mol. The topological polar surface area (TPSA) is 40.1 Å². The van der Waals surface area contributed by atoms with Gasteiger partial charge in [0.2, 0.25) is 0 Å². The molecule has 1 aromatic rings. The van der Waals surface area contributed by atoms with E-state index >= 15 is 0 Å². The van der Waals surface area contributed by atoms with E-state index < -0.39 is 6.09 Å². The van der Waals surface area contributed by atoms with Crippen LogP contribution in [0, 0.1) is 0 Å². The molecule has 0 unspecified atom stereocenters. The summed E-state index contributed by atoms with van der Waals surface area (Å²) < 4.78 is -0.0935. The number of carbonyl (C=O) groups excluding carboxylic acids is 1. The molecule has 1 rings (SSSR count). The van der Waals surface area contributed by atoms with Crippen LogP contribution < -0.4 is 5.11 Å². The lowest BCUT2D eigenvalue weighted by atomic mass is 10.2. The van der Waals surface area contributed by atoms with Gasteiger partial charge in [-0.1, -0.05) is 29.8 Å².